The largest absolute Gasteiger partial charge is 0.325 e. The Bertz CT molecular complexity index is 719. The number of nitrogens with one attached hydrogen (secondary N) is 1. The van der Waals surface area contributed by atoms with Gasteiger partial charge in [-0.25, -0.2) is 0 Å². The second kappa shape index (κ2) is 7.30. The summed E-state index contributed by atoms with van der Waals surface area (Å²) in [6, 6.07) is 5.89. The maximum Gasteiger partial charge on any atom is 0.228 e. The molecule has 0 unspecified atom stereocenters. The Morgan fingerprint density at radius 3 is 2.61 bits per heavy atom. The zero-order chi connectivity index (χ0) is 17.1. The average Bonchev–Trinajstić information content (AvgIpc) is 2.69. The van der Waals surface area contributed by atoms with Gasteiger partial charge in [-0.3, -0.25) is 9.48 Å². The van der Waals surface area contributed by atoms with Crippen molar-refractivity contribution in [2.24, 2.45) is 5.92 Å². The number of aromatic nitrogens is 2. The lowest BCUT2D eigenvalue weighted by Crippen LogP contribution is -2.16. The van der Waals surface area contributed by atoms with Gasteiger partial charge in [-0.2, -0.15) is 5.10 Å². The molecule has 0 aliphatic heterocycles. The Morgan fingerprint density at radius 2 is 2.00 bits per heavy atom. The van der Waals surface area contributed by atoms with Crippen LogP contribution in [0.2, 0.25) is 0 Å². The van der Waals surface area contributed by atoms with Crippen LogP contribution in [-0.4, -0.2) is 15.7 Å². The minimum absolute atomic E-state index is 0.0233. The molecule has 0 radical (unpaired) electrons. The van der Waals surface area contributed by atoms with Gasteiger partial charge in [-0.1, -0.05) is 19.9 Å². The van der Waals surface area contributed by atoms with Crippen molar-refractivity contribution in [1.29, 1.82) is 0 Å². The molecule has 2 rings (SSSR count). The maximum atomic E-state index is 12.4. The van der Waals surface area contributed by atoms with Crippen molar-refractivity contribution in [3.63, 3.8) is 0 Å². The molecule has 0 bridgehead atoms. The summed E-state index contributed by atoms with van der Waals surface area (Å²) < 4.78 is 2.90. The number of carbonyl (C=O) groups excluding carboxylic acids is 1. The summed E-state index contributed by atoms with van der Waals surface area (Å²) in [4.78, 5) is 12.4. The van der Waals surface area contributed by atoms with E-state index in [0.717, 1.165) is 39.2 Å². The van der Waals surface area contributed by atoms with Crippen molar-refractivity contribution in [2.75, 3.05) is 5.32 Å². The predicted molar refractivity (Wildman–Crippen MR) is 97.8 cm³/mol. The van der Waals surface area contributed by atoms with E-state index in [9.17, 15) is 4.79 Å². The lowest BCUT2D eigenvalue weighted by Gasteiger charge is -2.09. The van der Waals surface area contributed by atoms with Crippen LogP contribution in [0.15, 0.2) is 22.7 Å². The molecule has 2 aromatic rings. The van der Waals surface area contributed by atoms with E-state index < -0.39 is 0 Å². The fourth-order valence-electron chi connectivity index (χ4n) is 2.59. The third kappa shape index (κ3) is 4.44. The average molecular weight is 378 g/mol. The first-order valence-electron chi connectivity index (χ1n) is 7.86. The summed E-state index contributed by atoms with van der Waals surface area (Å²) in [6.45, 7) is 11.2. The number of halogens is 1. The fourth-order valence-corrected chi connectivity index (χ4v) is 3.18. The van der Waals surface area contributed by atoms with Gasteiger partial charge in [0, 0.05) is 22.3 Å². The number of benzene rings is 1. The van der Waals surface area contributed by atoms with E-state index in [1.165, 1.54) is 0 Å². The summed E-state index contributed by atoms with van der Waals surface area (Å²) in [5.74, 6) is 0.503. The van der Waals surface area contributed by atoms with E-state index in [4.69, 9.17) is 0 Å². The number of rotatable bonds is 5. The molecule has 0 aliphatic carbocycles. The van der Waals surface area contributed by atoms with Crippen molar-refractivity contribution in [1.82, 2.24) is 9.78 Å². The van der Waals surface area contributed by atoms with Crippen LogP contribution in [0, 0.1) is 26.7 Å². The number of aryl methyl sites for hydroxylation is 2. The maximum absolute atomic E-state index is 12.4. The van der Waals surface area contributed by atoms with Gasteiger partial charge in [0.1, 0.15) is 0 Å². The van der Waals surface area contributed by atoms with Gasteiger partial charge in [0.15, 0.2) is 0 Å². The quantitative estimate of drug-likeness (QED) is 0.838. The van der Waals surface area contributed by atoms with E-state index in [0.29, 0.717) is 12.3 Å². The molecule has 1 aromatic heterocycles. The van der Waals surface area contributed by atoms with Crippen molar-refractivity contribution >= 4 is 27.5 Å². The van der Waals surface area contributed by atoms with Crippen LogP contribution in [0.3, 0.4) is 0 Å². The highest BCUT2D eigenvalue weighted by molar-refractivity contribution is 9.10. The third-order valence-electron chi connectivity index (χ3n) is 3.81. The van der Waals surface area contributed by atoms with Crippen molar-refractivity contribution < 1.29 is 4.79 Å². The number of carbonyl (C=O) groups is 1. The Hall–Kier alpha value is -1.62. The molecule has 1 aromatic carbocycles. The van der Waals surface area contributed by atoms with Gasteiger partial charge in [-0.15, -0.1) is 0 Å². The number of nitrogens with zero attached hydrogens (tertiary/aromatic N) is 2. The van der Waals surface area contributed by atoms with Crippen LogP contribution in [0.4, 0.5) is 5.69 Å². The molecule has 0 fully saturated rings. The van der Waals surface area contributed by atoms with Crippen LogP contribution in [-0.2, 0) is 17.8 Å². The van der Waals surface area contributed by atoms with Gasteiger partial charge in [0.25, 0.3) is 0 Å². The highest BCUT2D eigenvalue weighted by atomic mass is 79.9. The smallest absolute Gasteiger partial charge is 0.228 e. The zero-order valence-electron chi connectivity index (χ0n) is 14.4. The van der Waals surface area contributed by atoms with Gasteiger partial charge in [0.2, 0.25) is 5.91 Å². The standard InChI is InChI=1S/C18H24BrN3O/c1-11(2)10-22-14(5)15(13(4)21-22)9-18(23)20-17-7-6-12(3)8-16(17)19/h6-8,11H,9-10H2,1-5H3,(H,20,23). The van der Waals surface area contributed by atoms with Gasteiger partial charge in [0.05, 0.1) is 17.8 Å². The van der Waals surface area contributed by atoms with Crippen LogP contribution < -0.4 is 5.32 Å². The minimum Gasteiger partial charge on any atom is -0.325 e. The monoisotopic (exact) mass is 377 g/mol. The van der Waals surface area contributed by atoms with Crippen LogP contribution in [0.5, 0.6) is 0 Å². The predicted octanol–water partition coefficient (Wildman–Crippen LogP) is 4.41. The topological polar surface area (TPSA) is 46.9 Å². The zero-order valence-corrected chi connectivity index (χ0v) is 16.0. The summed E-state index contributed by atoms with van der Waals surface area (Å²) in [6.07, 6.45) is 0.343. The van der Waals surface area contributed by atoms with Crippen molar-refractivity contribution in [3.8, 4) is 0 Å². The Balaban J connectivity index is 2.12. The Labute approximate surface area is 146 Å². The van der Waals surface area contributed by atoms with Crippen LogP contribution in [0.1, 0.15) is 36.4 Å². The van der Waals surface area contributed by atoms with Crippen LogP contribution in [0.25, 0.3) is 0 Å². The molecule has 124 valence electrons. The van der Waals surface area contributed by atoms with E-state index in [1.807, 2.05) is 43.7 Å². The molecule has 0 aliphatic rings. The van der Waals surface area contributed by atoms with Crippen LogP contribution >= 0.6 is 15.9 Å². The highest BCUT2D eigenvalue weighted by Gasteiger charge is 2.16. The van der Waals surface area contributed by atoms with Gasteiger partial charge in [-0.05, 0) is 60.3 Å². The normalized spacial score (nSPS) is 11.1. The first-order chi connectivity index (χ1) is 10.8. The summed E-state index contributed by atoms with van der Waals surface area (Å²) in [7, 11) is 0. The second-order valence-corrected chi connectivity index (χ2v) is 7.29. The lowest BCUT2D eigenvalue weighted by atomic mass is 10.1. The molecule has 4 nitrogen and oxygen atoms in total. The van der Waals surface area contributed by atoms with E-state index in [-0.39, 0.29) is 5.91 Å². The molecular weight excluding hydrogens is 354 g/mol. The fraction of sp³-hybridized carbons (Fsp3) is 0.444. The first-order valence-corrected chi connectivity index (χ1v) is 8.66. The Morgan fingerprint density at radius 1 is 1.30 bits per heavy atom. The molecule has 0 atom stereocenters. The molecule has 0 saturated heterocycles. The second-order valence-electron chi connectivity index (χ2n) is 6.43. The molecule has 1 N–H and O–H groups in total. The number of amides is 1. The SMILES string of the molecule is Cc1ccc(NC(=O)Cc2c(C)nn(CC(C)C)c2C)c(Br)c1. The Kier molecular flexibility index (Phi) is 5.63. The molecule has 1 heterocycles. The molecular formula is C18H24BrN3O. The molecule has 5 heteroatoms. The molecule has 23 heavy (non-hydrogen) atoms. The number of hydrogen-bond acceptors (Lipinski definition) is 2. The van der Waals surface area contributed by atoms with E-state index >= 15 is 0 Å². The first kappa shape index (κ1) is 17.7. The number of hydrogen-bond donors (Lipinski definition) is 1. The summed E-state index contributed by atoms with van der Waals surface area (Å²) in [5, 5.41) is 7.53. The van der Waals surface area contributed by atoms with Crippen molar-refractivity contribution in [3.05, 3.63) is 45.2 Å². The van der Waals surface area contributed by atoms with E-state index in [2.05, 4.69) is 40.2 Å². The summed E-state index contributed by atoms with van der Waals surface area (Å²) in [5.41, 5.74) is 4.98. The lowest BCUT2D eigenvalue weighted by molar-refractivity contribution is -0.115. The third-order valence-corrected chi connectivity index (χ3v) is 4.46. The minimum atomic E-state index is -0.0233. The van der Waals surface area contributed by atoms with Gasteiger partial charge >= 0.3 is 0 Å². The molecule has 1 amide bonds. The van der Waals surface area contributed by atoms with Gasteiger partial charge < -0.3 is 5.32 Å². The summed E-state index contributed by atoms with van der Waals surface area (Å²) >= 11 is 3.49. The molecule has 0 spiro atoms. The highest BCUT2D eigenvalue weighted by Crippen LogP contribution is 2.24. The number of anilines is 1. The van der Waals surface area contributed by atoms with Crippen molar-refractivity contribution in [2.45, 2.75) is 47.6 Å². The van der Waals surface area contributed by atoms with E-state index in [1.54, 1.807) is 0 Å². The molecule has 0 saturated carbocycles.